The highest BCUT2D eigenvalue weighted by Crippen LogP contribution is 2.35. The van der Waals surface area contributed by atoms with Crippen LogP contribution in [0.5, 0.6) is 5.75 Å². The van der Waals surface area contributed by atoms with Gasteiger partial charge in [0.25, 0.3) is 0 Å². The topological polar surface area (TPSA) is 67.4 Å². The van der Waals surface area contributed by atoms with Crippen molar-refractivity contribution >= 4 is 29.9 Å². The average molecular weight is 575 g/mol. The monoisotopic (exact) mass is 574 g/mol. The Morgan fingerprint density at radius 3 is 2.55 bits per heavy atom. The van der Waals surface area contributed by atoms with E-state index in [9.17, 15) is 0 Å². The minimum atomic E-state index is 0. The van der Waals surface area contributed by atoms with Crippen LogP contribution < -0.4 is 15.4 Å². The number of benzene rings is 1. The van der Waals surface area contributed by atoms with Gasteiger partial charge in [0.05, 0.1) is 19.3 Å². The number of aliphatic imine (C=N–C) groups is 1. The third-order valence-corrected chi connectivity index (χ3v) is 6.39. The van der Waals surface area contributed by atoms with Gasteiger partial charge in [-0.1, -0.05) is 26.0 Å². The molecule has 0 spiro atoms. The summed E-state index contributed by atoms with van der Waals surface area (Å²) in [5.41, 5.74) is 1.35. The maximum atomic E-state index is 5.98. The summed E-state index contributed by atoms with van der Waals surface area (Å²) >= 11 is 0. The van der Waals surface area contributed by atoms with Crippen LogP contribution in [0.25, 0.3) is 0 Å². The van der Waals surface area contributed by atoms with Crippen molar-refractivity contribution in [2.24, 2.45) is 10.9 Å². The van der Waals surface area contributed by atoms with Crippen molar-refractivity contribution < 1.29 is 14.2 Å². The van der Waals surface area contributed by atoms with Crippen LogP contribution >= 0.6 is 24.0 Å². The molecule has 8 heteroatoms. The molecule has 1 unspecified atom stereocenters. The quantitative estimate of drug-likeness (QED) is 0.268. The van der Waals surface area contributed by atoms with Crippen LogP contribution in [0.3, 0.4) is 0 Å². The first kappa shape index (κ1) is 28.1. The highest BCUT2D eigenvalue weighted by atomic mass is 127. The van der Waals surface area contributed by atoms with Gasteiger partial charge < -0.3 is 24.8 Å². The van der Waals surface area contributed by atoms with E-state index < -0.39 is 0 Å². The largest absolute Gasteiger partial charge is 0.494 e. The molecule has 3 rings (SSSR count). The molecular weight excluding hydrogens is 531 g/mol. The van der Waals surface area contributed by atoms with Gasteiger partial charge in [0.15, 0.2) is 5.96 Å². The molecule has 188 valence electrons. The number of morpholine rings is 1. The summed E-state index contributed by atoms with van der Waals surface area (Å²) in [4.78, 5) is 6.96. The lowest BCUT2D eigenvalue weighted by Gasteiger charge is -2.38. The van der Waals surface area contributed by atoms with Crippen molar-refractivity contribution in [3.8, 4) is 5.75 Å². The second-order valence-corrected chi connectivity index (χ2v) is 9.30. The molecule has 1 aromatic carbocycles. The van der Waals surface area contributed by atoms with Crippen molar-refractivity contribution in [3.63, 3.8) is 0 Å². The number of halogens is 1. The first-order valence-corrected chi connectivity index (χ1v) is 12.1. The predicted octanol–water partition coefficient (Wildman–Crippen LogP) is 3.27. The van der Waals surface area contributed by atoms with Gasteiger partial charge in [-0.25, -0.2) is 0 Å². The molecule has 33 heavy (non-hydrogen) atoms. The van der Waals surface area contributed by atoms with Crippen LogP contribution in [-0.2, 0) is 14.9 Å². The van der Waals surface area contributed by atoms with E-state index in [1.54, 1.807) is 0 Å². The summed E-state index contributed by atoms with van der Waals surface area (Å²) < 4.78 is 17.3. The maximum absolute atomic E-state index is 5.98. The van der Waals surface area contributed by atoms with Gasteiger partial charge in [-0.3, -0.25) is 9.89 Å². The number of ether oxygens (including phenoxy) is 3. The zero-order chi connectivity index (χ0) is 22.8. The van der Waals surface area contributed by atoms with Gasteiger partial charge in [-0.05, 0) is 43.4 Å². The summed E-state index contributed by atoms with van der Waals surface area (Å²) in [6.45, 7) is 14.3. The molecule has 0 aliphatic carbocycles. The van der Waals surface area contributed by atoms with Gasteiger partial charge in [0, 0.05) is 58.4 Å². The number of hydrogen-bond donors (Lipinski definition) is 2. The van der Waals surface area contributed by atoms with Crippen LogP contribution in [0, 0.1) is 5.92 Å². The smallest absolute Gasteiger partial charge is 0.191 e. The molecule has 0 aromatic heterocycles. The van der Waals surface area contributed by atoms with Gasteiger partial charge in [0.1, 0.15) is 5.75 Å². The molecule has 1 atom stereocenters. The van der Waals surface area contributed by atoms with Crippen molar-refractivity contribution in [2.75, 3.05) is 66.2 Å². The van der Waals surface area contributed by atoms with Crippen LogP contribution in [0.1, 0.15) is 39.2 Å². The first-order chi connectivity index (χ1) is 15.5. The Morgan fingerprint density at radius 1 is 1.18 bits per heavy atom. The maximum Gasteiger partial charge on any atom is 0.191 e. The number of hydrogen-bond acceptors (Lipinski definition) is 5. The molecule has 2 N–H and O–H groups in total. The summed E-state index contributed by atoms with van der Waals surface area (Å²) in [6.07, 6.45) is 2.16. The number of rotatable bonds is 9. The van der Waals surface area contributed by atoms with E-state index in [4.69, 9.17) is 14.2 Å². The van der Waals surface area contributed by atoms with Crippen LogP contribution in [0.15, 0.2) is 29.3 Å². The lowest BCUT2D eigenvalue weighted by atomic mass is 9.74. The number of guanidine groups is 1. The molecule has 1 aromatic rings. The van der Waals surface area contributed by atoms with Gasteiger partial charge in [-0.2, -0.15) is 0 Å². The summed E-state index contributed by atoms with van der Waals surface area (Å²) in [5.74, 6) is 2.42. The van der Waals surface area contributed by atoms with E-state index in [1.807, 2.05) is 14.0 Å². The molecule has 0 amide bonds. The minimum Gasteiger partial charge on any atom is -0.494 e. The fraction of sp³-hybridized carbons (Fsp3) is 0.720. The van der Waals surface area contributed by atoms with Crippen molar-refractivity contribution in [1.29, 1.82) is 0 Å². The average Bonchev–Trinajstić information content (AvgIpc) is 2.80. The summed E-state index contributed by atoms with van der Waals surface area (Å²) in [7, 11) is 1.83. The second-order valence-electron chi connectivity index (χ2n) is 9.30. The third-order valence-electron chi connectivity index (χ3n) is 6.39. The first-order valence-electron chi connectivity index (χ1n) is 12.1. The van der Waals surface area contributed by atoms with E-state index in [0.29, 0.717) is 12.5 Å². The molecule has 2 aliphatic rings. The van der Waals surface area contributed by atoms with E-state index in [2.05, 4.69) is 58.6 Å². The van der Waals surface area contributed by atoms with Crippen LogP contribution in [-0.4, -0.2) is 83.2 Å². The fourth-order valence-corrected chi connectivity index (χ4v) is 4.67. The standard InChI is InChI=1S/C25H42N4O3.HI/c1-5-31-22-8-6-21(7-9-22)25(10-13-30-14-11-25)19-28-24(26-4)27-16-23-18-29(12-15-32-23)17-20(2)3;/h6-9,20,23H,5,10-19H2,1-4H3,(H2,26,27,28);1H. The molecule has 0 radical (unpaired) electrons. The van der Waals surface area contributed by atoms with E-state index in [-0.39, 0.29) is 35.5 Å². The molecule has 0 bridgehead atoms. The third kappa shape index (κ3) is 8.56. The van der Waals surface area contributed by atoms with Gasteiger partial charge in [-0.15, -0.1) is 24.0 Å². The highest BCUT2D eigenvalue weighted by molar-refractivity contribution is 14.0. The molecule has 2 saturated heterocycles. The lowest BCUT2D eigenvalue weighted by molar-refractivity contribution is -0.0284. The van der Waals surface area contributed by atoms with Crippen molar-refractivity contribution in [3.05, 3.63) is 29.8 Å². The Hall–Kier alpha value is -1.10. The van der Waals surface area contributed by atoms with E-state index >= 15 is 0 Å². The molecule has 0 saturated carbocycles. The zero-order valence-electron chi connectivity index (χ0n) is 20.8. The Bertz CT molecular complexity index is 708. The Kier molecular flexibility index (Phi) is 12.2. The highest BCUT2D eigenvalue weighted by Gasteiger charge is 2.34. The number of nitrogens with zero attached hydrogens (tertiary/aromatic N) is 2. The Labute approximate surface area is 217 Å². The van der Waals surface area contributed by atoms with Crippen LogP contribution in [0.2, 0.25) is 0 Å². The fourth-order valence-electron chi connectivity index (χ4n) is 4.67. The lowest BCUT2D eigenvalue weighted by Crippen LogP contribution is -2.52. The predicted molar refractivity (Wildman–Crippen MR) is 145 cm³/mol. The molecule has 2 fully saturated rings. The Morgan fingerprint density at radius 2 is 1.91 bits per heavy atom. The van der Waals surface area contributed by atoms with Crippen molar-refractivity contribution in [1.82, 2.24) is 15.5 Å². The SMILES string of the molecule is CCOc1ccc(C2(CNC(=NC)NCC3CN(CC(C)C)CCO3)CCOCC2)cc1.I. The van der Waals surface area contributed by atoms with E-state index in [1.165, 1.54) is 5.56 Å². The van der Waals surface area contributed by atoms with Crippen molar-refractivity contribution in [2.45, 2.75) is 45.1 Å². The summed E-state index contributed by atoms with van der Waals surface area (Å²) in [5, 5.41) is 7.07. The minimum absolute atomic E-state index is 0. The van der Waals surface area contributed by atoms with Gasteiger partial charge >= 0.3 is 0 Å². The zero-order valence-corrected chi connectivity index (χ0v) is 23.1. The van der Waals surface area contributed by atoms with Crippen LogP contribution in [0.4, 0.5) is 0 Å². The molecule has 7 nitrogen and oxygen atoms in total. The molecule has 2 heterocycles. The Balaban J connectivity index is 0.00000385. The number of nitrogens with one attached hydrogen (secondary N) is 2. The molecule has 2 aliphatic heterocycles. The molecular formula is C25H43IN4O3. The summed E-state index contributed by atoms with van der Waals surface area (Å²) in [6, 6.07) is 8.56. The van der Waals surface area contributed by atoms with E-state index in [0.717, 1.165) is 77.1 Å². The van der Waals surface area contributed by atoms with Gasteiger partial charge in [0.2, 0.25) is 0 Å². The second kappa shape index (κ2) is 14.3. The normalized spacial score (nSPS) is 21.4.